The second kappa shape index (κ2) is 9.64. The third-order valence-corrected chi connectivity index (χ3v) is 2.04. The lowest BCUT2D eigenvalue weighted by atomic mass is 10.3. The molecule has 7 nitrogen and oxygen atoms in total. The summed E-state index contributed by atoms with van der Waals surface area (Å²) in [6.45, 7) is 3.43. The molecule has 0 saturated heterocycles. The van der Waals surface area contributed by atoms with Gasteiger partial charge in [0.25, 0.3) is 6.17 Å². The number of nitrogens with one attached hydrogen (secondary N) is 1. The largest absolute Gasteiger partial charge is 0.461 e. The number of amides is 1. The van der Waals surface area contributed by atoms with Crippen LogP contribution in [0.1, 0.15) is 6.92 Å². The Morgan fingerprint density at radius 3 is 2.39 bits per heavy atom. The summed E-state index contributed by atoms with van der Waals surface area (Å²) in [6, 6.07) is 0. The molecule has 0 spiro atoms. The Balaban J connectivity index is 3.94. The van der Waals surface area contributed by atoms with Crippen LogP contribution in [0.15, 0.2) is 12.7 Å². The van der Waals surface area contributed by atoms with Crippen molar-refractivity contribution >= 4 is 18.0 Å². The number of halogens is 4. The smallest absolute Gasteiger partial charge is 0.430 e. The standard InChI is InChI=1S/C12H15F4NO6/c1-3-8(18)21-5-4-17-11(20)22-6-7(2)23-10(19)9(13)12(14,15)16/h3,7,9H,1,4-6H2,2H3,(H,17,20). The molecule has 0 aromatic carbocycles. The molecular formula is C12H15F4NO6. The molecule has 23 heavy (non-hydrogen) atoms. The lowest BCUT2D eigenvalue weighted by Gasteiger charge is -2.16. The van der Waals surface area contributed by atoms with E-state index in [9.17, 15) is 31.9 Å². The number of hydrogen-bond donors (Lipinski definition) is 1. The van der Waals surface area contributed by atoms with Crippen LogP contribution in [0.25, 0.3) is 0 Å². The first-order chi connectivity index (χ1) is 10.6. The van der Waals surface area contributed by atoms with Crippen LogP contribution < -0.4 is 5.32 Å². The summed E-state index contributed by atoms with van der Waals surface area (Å²) in [5.41, 5.74) is 0. The van der Waals surface area contributed by atoms with Crippen LogP contribution in [-0.4, -0.2) is 56.2 Å². The SMILES string of the molecule is C=CC(=O)OCCNC(=O)OCC(C)OC(=O)C(F)C(F)(F)F. The normalized spacial score (nSPS) is 13.4. The molecule has 132 valence electrons. The molecule has 11 heteroatoms. The van der Waals surface area contributed by atoms with Gasteiger partial charge in [-0.25, -0.2) is 18.8 Å². The fourth-order valence-corrected chi connectivity index (χ4v) is 1.03. The highest BCUT2D eigenvalue weighted by molar-refractivity contribution is 5.81. The number of alkyl carbamates (subject to hydrolysis) is 1. The molecule has 0 heterocycles. The van der Waals surface area contributed by atoms with E-state index in [-0.39, 0.29) is 13.2 Å². The molecule has 0 bridgehead atoms. The van der Waals surface area contributed by atoms with Crippen molar-refractivity contribution in [2.75, 3.05) is 19.8 Å². The third kappa shape index (κ3) is 9.32. The molecule has 1 N–H and O–H groups in total. The Morgan fingerprint density at radius 2 is 1.87 bits per heavy atom. The van der Waals surface area contributed by atoms with Crippen molar-refractivity contribution in [1.29, 1.82) is 0 Å². The van der Waals surface area contributed by atoms with Crippen molar-refractivity contribution in [2.45, 2.75) is 25.4 Å². The second-order valence-corrected chi connectivity index (χ2v) is 4.05. The van der Waals surface area contributed by atoms with Crippen LogP contribution in [0.3, 0.4) is 0 Å². The zero-order chi connectivity index (χ0) is 18.0. The van der Waals surface area contributed by atoms with Gasteiger partial charge in [0.2, 0.25) is 0 Å². The quantitative estimate of drug-likeness (QED) is 0.234. The zero-order valence-corrected chi connectivity index (χ0v) is 12.0. The maximum absolute atomic E-state index is 12.6. The molecule has 0 aliphatic heterocycles. The van der Waals surface area contributed by atoms with Gasteiger partial charge in [-0.2, -0.15) is 13.2 Å². The molecule has 0 radical (unpaired) electrons. The van der Waals surface area contributed by atoms with Crippen LogP contribution in [-0.2, 0) is 23.8 Å². The van der Waals surface area contributed by atoms with Gasteiger partial charge < -0.3 is 19.5 Å². The van der Waals surface area contributed by atoms with Gasteiger partial charge in [0, 0.05) is 6.08 Å². The molecule has 0 aliphatic carbocycles. The fraction of sp³-hybridized carbons (Fsp3) is 0.583. The Morgan fingerprint density at radius 1 is 1.26 bits per heavy atom. The molecule has 2 unspecified atom stereocenters. The second-order valence-electron chi connectivity index (χ2n) is 4.05. The molecular weight excluding hydrogens is 330 g/mol. The van der Waals surface area contributed by atoms with Gasteiger partial charge in [0.05, 0.1) is 6.54 Å². The van der Waals surface area contributed by atoms with E-state index in [0.29, 0.717) is 0 Å². The van der Waals surface area contributed by atoms with Crippen molar-refractivity contribution in [1.82, 2.24) is 5.32 Å². The molecule has 0 saturated carbocycles. The first-order valence-corrected chi connectivity index (χ1v) is 6.19. The third-order valence-electron chi connectivity index (χ3n) is 2.04. The highest BCUT2D eigenvalue weighted by atomic mass is 19.4. The summed E-state index contributed by atoms with van der Waals surface area (Å²) in [4.78, 5) is 32.6. The Kier molecular flexibility index (Phi) is 8.66. The highest BCUT2D eigenvalue weighted by Crippen LogP contribution is 2.24. The summed E-state index contributed by atoms with van der Waals surface area (Å²) < 4.78 is 61.5. The van der Waals surface area contributed by atoms with Crippen LogP contribution in [0.4, 0.5) is 22.4 Å². The van der Waals surface area contributed by atoms with Crippen molar-refractivity contribution in [3.8, 4) is 0 Å². The zero-order valence-electron chi connectivity index (χ0n) is 12.0. The molecule has 0 aliphatic rings. The average molecular weight is 345 g/mol. The van der Waals surface area contributed by atoms with E-state index >= 15 is 0 Å². The lowest BCUT2D eigenvalue weighted by Crippen LogP contribution is -2.37. The van der Waals surface area contributed by atoms with Crippen molar-refractivity contribution < 1.29 is 46.2 Å². The van der Waals surface area contributed by atoms with E-state index in [4.69, 9.17) is 0 Å². The van der Waals surface area contributed by atoms with Gasteiger partial charge in [-0.1, -0.05) is 6.58 Å². The minimum Gasteiger partial charge on any atom is -0.461 e. The Hall–Kier alpha value is -2.33. The fourth-order valence-electron chi connectivity index (χ4n) is 1.03. The topological polar surface area (TPSA) is 90.9 Å². The molecule has 0 fully saturated rings. The van der Waals surface area contributed by atoms with E-state index in [1.165, 1.54) is 0 Å². The lowest BCUT2D eigenvalue weighted by molar-refractivity contribution is -0.204. The van der Waals surface area contributed by atoms with E-state index in [0.717, 1.165) is 13.0 Å². The molecule has 2 atom stereocenters. The van der Waals surface area contributed by atoms with Crippen LogP contribution in [0.2, 0.25) is 0 Å². The summed E-state index contributed by atoms with van der Waals surface area (Å²) >= 11 is 0. The average Bonchev–Trinajstić information content (AvgIpc) is 2.47. The predicted octanol–water partition coefficient (Wildman–Crippen LogP) is 1.27. The monoisotopic (exact) mass is 345 g/mol. The van der Waals surface area contributed by atoms with E-state index < -0.39 is 43.1 Å². The highest BCUT2D eigenvalue weighted by Gasteiger charge is 2.47. The Bertz CT molecular complexity index is 440. The van der Waals surface area contributed by atoms with Gasteiger partial charge in [0.1, 0.15) is 19.3 Å². The van der Waals surface area contributed by atoms with E-state index in [2.05, 4.69) is 26.1 Å². The van der Waals surface area contributed by atoms with Crippen molar-refractivity contribution in [3.63, 3.8) is 0 Å². The maximum atomic E-state index is 12.6. The number of hydrogen-bond acceptors (Lipinski definition) is 6. The number of ether oxygens (including phenoxy) is 3. The molecule has 0 aromatic heterocycles. The summed E-state index contributed by atoms with van der Waals surface area (Å²) in [5, 5.41) is 2.15. The van der Waals surface area contributed by atoms with Crippen LogP contribution in [0.5, 0.6) is 0 Å². The van der Waals surface area contributed by atoms with E-state index in [1.54, 1.807) is 0 Å². The minimum atomic E-state index is -5.36. The van der Waals surface area contributed by atoms with Crippen molar-refractivity contribution in [3.05, 3.63) is 12.7 Å². The number of alkyl halides is 4. The number of carbonyl (C=O) groups is 3. The molecule has 0 aromatic rings. The summed E-state index contributed by atoms with van der Waals surface area (Å²) in [7, 11) is 0. The first-order valence-electron chi connectivity index (χ1n) is 6.19. The van der Waals surface area contributed by atoms with Crippen LogP contribution in [0, 0.1) is 0 Å². The van der Waals surface area contributed by atoms with Gasteiger partial charge in [0.15, 0.2) is 0 Å². The molecule has 1 amide bonds. The number of carbonyl (C=O) groups excluding carboxylic acids is 3. The number of esters is 2. The van der Waals surface area contributed by atoms with Crippen molar-refractivity contribution in [2.24, 2.45) is 0 Å². The molecule has 0 rings (SSSR count). The van der Waals surface area contributed by atoms with Gasteiger partial charge in [-0.3, -0.25) is 0 Å². The minimum absolute atomic E-state index is 0.0901. The predicted molar refractivity (Wildman–Crippen MR) is 67.0 cm³/mol. The van der Waals surface area contributed by atoms with E-state index in [1.807, 2.05) is 0 Å². The van der Waals surface area contributed by atoms with Gasteiger partial charge in [-0.15, -0.1) is 0 Å². The van der Waals surface area contributed by atoms with Gasteiger partial charge in [-0.05, 0) is 6.92 Å². The Labute approximate surface area is 128 Å². The summed E-state index contributed by atoms with van der Waals surface area (Å²) in [6.07, 6.45) is -10.5. The van der Waals surface area contributed by atoms with Crippen LogP contribution >= 0.6 is 0 Å². The first kappa shape index (κ1) is 20.7. The number of rotatable bonds is 8. The van der Waals surface area contributed by atoms with Gasteiger partial charge >= 0.3 is 24.2 Å². The maximum Gasteiger partial charge on any atom is 0.430 e. The summed E-state index contributed by atoms with van der Waals surface area (Å²) in [5.74, 6) is -2.81.